The Morgan fingerprint density at radius 2 is 1.64 bits per heavy atom. The third-order valence-corrected chi connectivity index (χ3v) is 4.37. The van der Waals surface area contributed by atoms with E-state index in [1.807, 2.05) is 62.4 Å². The van der Waals surface area contributed by atoms with Gasteiger partial charge in [0, 0.05) is 0 Å². The number of aryl methyl sites for hydroxylation is 2. The lowest BCUT2D eigenvalue weighted by Crippen LogP contribution is -2.14. The molecule has 0 bridgehead atoms. The molecule has 0 aliphatic rings. The van der Waals surface area contributed by atoms with Crippen molar-refractivity contribution in [3.8, 4) is 22.6 Å². The fraction of sp³-hybridized carbons (Fsp3) is 0.136. The Kier molecular flexibility index (Phi) is 4.76. The van der Waals surface area contributed by atoms with Gasteiger partial charge >= 0.3 is 6.01 Å². The molecule has 0 aliphatic carbocycles. The monoisotopic (exact) mass is 373 g/mol. The minimum absolute atomic E-state index is 0.0687. The molecule has 0 saturated heterocycles. The first-order valence-electron chi connectivity index (χ1n) is 8.93. The maximum atomic E-state index is 12.3. The zero-order chi connectivity index (χ0) is 19.5. The van der Waals surface area contributed by atoms with E-state index in [0.717, 1.165) is 28.0 Å². The molecule has 4 aromatic rings. The first-order chi connectivity index (χ1) is 13.6. The number of nitrogens with zero attached hydrogens (tertiary/aromatic N) is 2. The van der Waals surface area contributed by atoms with E-state index in [1.165, 1.54) is 0 Å². The standard InChI is InChI=1S/C22H19N3O3/c1-14-12-19(15(2)27-14)21-24-25-22(28-21)23-20(26)13-16-8-10-18(11-9-16)17-6-4-3-5-7-17/h3-12H,13H2,1-2H3,(H,23,25,26). The van der Waals surface area contributed by atoms with E-state index in [9.17, 15) is 4.79 Å². The van der Waals surface area contributed by atoms with Crippen LogP contribution in [0.15, 0.2) is 69.5 Å². The topological polar surface area (TPSA) is 81.2 Å². The van der Waals surface area contributed by atoms with Gasteiger partial charge in [-0.05, 0) is 36.6 Å². The van der Waals surface area contributed by atoms with E-state index < -0.39 is 0 Å². The first kappa shape index (κ1) is 17.7. The third kappa shape index (κ3) is 3.86. The molecule has 0 fully saturated rings. The van der Waals surface area contributed by atoms with Gasteiger partial charge in [0.15, 0.2) is 0 Å². The molecule has 1 amide bonds. The van der Waals surface area contributed by atoms with Crippen molar-refractivity contribution >= 4 is 11.9 Å². The summed E-state index contributed by atoms with van der Waals surface area (Å²) >= 11 is 0. The lowest BCUT2D eigenvalue weighted by Gasteiger charge is -2.04. The number of hydrogen-bond donors (Lipinski definition) is 1. The van der Waals surface area contributed by atoms with Crippen molar-refractivity contribution in [3.05, 3.63) is 77.7 Å². The minimum atomic E-state index is -0.220. The quantitative estimate of drug-likeness (QED) is 0.544. The van der Waals surface area contributed by atoms with Gasteiger partial charge in [-0.2, -0.15) is 0 Å². The van der Waals surface area contributed by atoms with E-state index in [1.54, 1.807) is 0 Å². The number of carbonyl (C=O) groups excluding carboxylic acids is 1. The second-order valence-corrected chi connectivity index (χ2v) is 6.53. The zero-order valence-corrected chi connectivity index (χ0v) is 15.6. The molecule has 0 saturated carbocycles. The van der Waals surface area contributed by atoms with E-state index in [0.29, 0.717) is 11.7 Å². The van der Waals surface area contributed by atoms with Crippen LogP contribution in [-0.2, 0) is 11.2 Å². The van der Waals surface area contributed by atoms with Crippen LogP contribution < -0.4 is 5.32 Å². The van der Waals surface area contributed by atoms with Crippen molar-refractivity contribution < 1.29 is 13.6 Å². The number of amides is 1. The van der Waals surface area contributed by atoms with Crippen LogP contribution in [-0.4, -0.2) is 16.1 Å². The summed E-state index contributed by atoms with van der Waals surface area (Å²) < 4.78 is 11.0. The zero-order valence-electron chi connectivity index (χ0n) is 15.6. The SMILES string of the molecule is Cc1cc(-c2nnc(NC(=O)Cc3ccc(-c4ccccc4)cc3)o2)c(C)o1. The van der Waals surface area contributed by atoms with Crippen LogP contribution >= 0.6 is 0 Å². The van der Waals surface area contributed by atoms with Crippen molar-refractivity contribution in [1.82, 2.24) is 10.2 Å². The van der Waals surface area contributed by atoms with Crippen LogP contribution in [0.4, 0.5) is 6.01 Å². The molecule has 2 heterocycles. The number of nitrogens with one attached hydrogen (secondary N) is 1. The predicted molar refractivity (Wildman–Crippen MR) is 106 cm³/mol. The van der Waals surface area contributed by atoms with Gasteiger partial charge in [0.05, 0.1) is 12.0 Å². The summed E-state index contributed by atoms with van der Waals surface area (Å²) in [5.74, 6) is 1.55. The molecule has 140 valence electrons. The average molecular weight is 373 g/mol. The lowest BCUT2D eigenvalue weighted by atomic mass is 10.0. The maximum absolute atomic E-state index is 12.3. The summed E-state index contributed by atoms with van der Waals surface area (Å²) in [4.78, 5) is 12.3. The molecule has 6 nitrogen and oxygen atoms in total. The number of hydrogen-bond acceptors (Lipinski definition) is 5. The van der Waals surface area contributed by atoms with Gasteiger partial charge in [-0.3, -0.25) is 10.1 Å². The van der Waals surface area contributed by atoms with Crippen LogP contribution in [0.3, 0.4) is 0 Å². The van der Waals surface area contributed by atoms with E-state index in [-0.39, 0.29) is 18.3 Å². The molecular formula is C22H19N3O3. The molecule has 6 heteroatoms. The van der Waals surface area contributed by atoms with Gasteiger partial charge in [-0.1, -0.05) is 59.7 Å². The second-order valence-electron chi connectivity index (χ2n) is 6.53. The van der Waals surface area contributed by atoms with Gasteiger partial charge in [-0.15, -0.1) is 5.10 Å². The van der Waals surface area contributed by atoms with E-state index >= 15 is 0 Å². The van der Waals surface area contributed by atoms with Crippen molar-refractivity contribution in [3.63, 3.8) is 0 Å². The average Bonchev–Trinajstić information content (AvgIpc) is 3.28. The van der Waals surface area contributed by atoms with Crippen molar-refractivity contribution in [2.24, 2.45) is 0 Å². The summed E-state index contributed by atoms with van der Waals surface area (Å²) in [7, 11) is 0. The molecule has 2 aromatic heterocycles. The Morgan fingerprint density at radius 1 is 0.929 bits per heavy atom. The van der Waals surface area contributed by atoms with Gasteiger partial charge in [0.2, 0.25) is 5.91 Å². The van der Waals surface area contributed by atoms with Crippen LogP contribution in [0.1, 0.15) is 17.1 Å². The van der Waals surface area contributed by atoms with Crippen molar-refractivity contribution in [1.29, 1.82) is 0 Å². The van der Waals surface area contributed by atoms with E-state index in [4.69, 9.17) is 8.83 Å². The molecule has 0 spiro atoms. The highest BCUT2D eigenvalue weighted by Gasteiger charge is 2.16. The number of rotatable bonds is 5. The summed E-state index contributed by atoms with van der Waals surface area (Å²) in [6.07, 6.45) is 0.219. The molecule has 0 aliphatic heterocycles. The van der Waals surface area contributed by atoms with Gasteiger partial charge in [0.25, 0.3) is 5.89 Å². The highest BCUT2D eigenvalue weighted by Crippen LogP contribution is 2.26. The summed E-state index contributed by atoms with van der Waals surface area (Å²) in [6, 6.07) is 19.9. The number of carbonyl (C=O) groups is 1. The molecule has 0 unspecified atom stereocenters. The van der Waals surface area contributed by atoms with Crippen molar-refractivity contribution in [2.45, 2.75) is 20.3 Å². The first-order valence-corrected chi connectivity index (χ1v) is 8.93. The number of anilines is 1. The summed E-state index contributed by atoms with van der Waals surface area (Å²) in [5.41, 5.74) is 3.87. The largest absolute Gasteiger partial charge is 0.466 e. The van der Waals surface area contributed by atoms with Crippen molar-refractivity contribution in [2.75, 3.05) is 5.32 Å². The normalized spacial score (nSPS) is 10.8. The van der Waals surface area contributed by atoms with Crippen LogP contribution in [0.2, 0.25) is 0 Å². The fourth-order valence-electron chi connectivity index (χ4n) is 3.02. The van der Waals surface area contributed by atoms with E-state index in [2.05, 4.69) is 27.6 Å². The van der Waals surface area contributed by atoms with Crippen LogP contribution in [0.25, 0.3) is 22.6 Å². The number of benzene rings is 2. The van der Waals surface area contributed by atoms with Gasteiger partial charge in [-0.25, -0.2) is 0 Å². The smallest absolute Gasteiger partial charge is 0.322 e. The molecule has 0 atom stereocenters. The minimum Gasteiger partial charge on any atom is -0.466 e. The summed E-state index contributed by atoms with van der Waals surface area (Å²) in [5, 5.41) is 10.5. The summed E-state index contributed by atoms with van der Waals surface area (Å²) in [6.45, 7) is 3.67. The van der Waals surface area contributed by atoms with Crippen LogP contribution in [0.5, 0.6) is 0 Å². The molecule has 2 aromatic carbocycles. The maximum Gasteiger partial charge on any atom is 0.322 e. The molecule has 28 heavy (non-hydrogen) atoms. The van der Waals surface area contributed by atoms with Crippen LogP contribution in [0, 0.1) is 13.8 Å². The number of furan rings is 1. The Hall–Kier alpha value is -3.67. The Morgan fingerprint density at radius 3 is 2.32 bits per heavy atom. The predicted octanol–water partition coefficient (Wildman–Crippen LogP) is 4.79. The molecule has 4 rings (SSSR count). The highest BCUT2D eigenvalue weighted by molar-refractivity contribution is 5.90. The molecular weight excluding hydrogens is 354 g/mol. The highest BCUT2D eigenvalue weighted by atomic mass is 16.4. The lowest BCUT2D eigenvalue weighted by molar-refractivity contribution is -0.115. The fourth-order valence-corrected chi connectivity index (χ4v) is 3.02. The third-order valence-electron chi connectivity index (χ3n) is 4.37. The number of aromatic nitrogens is 2. The molecule has 1 N–H and O–H groups in total. The second kappa shape index (κ2) is 7.52. The Bertz CT molecular complexity index is 1100. The van der Waals surface area contributed by atoms with Gasteiger partial charge in [0.1, 0.15) is 11.5 Å². The Labute approximate surface area is 162 Å². The van der Waals surface area contributed by atoms with Gasteiger partial charge < -0.3 is 8.83 Å². The molecule has 0 radical (unpaired) electrons. The Balaban J connectivity index is 1.40.